The molecule has 0 aromatic heterocycles. The lowest BCUT2D eigenvalue weighted by Crippen LogP contribution is -2.50. The van der Waals surface area contributed by atoms with E-state index in [4.69, 9.17) is 10.8 Å². The maximum Gasteiger partial charge on any atom is 0.237 e. The predicted molar refractivity (Wildman–Crippen MR) is 42.9 cm³/mol. The van der Waals surface area contributed by atoms with E-state index in [-0.39, 0.29) is 6.04 Å². The monoisotopic (exact) mass is 160 g/mol. The second-order valence-electron chi connectivity index (χ2n) is 2.94. The normalized spacial score (nSPS) is 16.5. The highest BCUT2D eigenvalue weighted by molar-refractivity contribution is 5.80. The largest absolute Gasteiger partial charge is 0.391 e. The van der Waals surface area contributed by atoms with Crippen molar-refractivity contribution in [2.45, 2.75) is 39.0 Å². The summed E-state index contributed by atoms with van der Waals surface area (Å²) in [6, 6.07) is -0.503. The van der Waals surface area contributed by atoms with Gasteiger partial charge < -0.3 is 16.2 Å². The van der Waals surface area contributed by atoms with Gasteiger partial charge in [-0.2, -0.15) is 0 Å². The molecule has 0 aliphatic carbocycles. The number of hydrogen-bond donors (Lipinski definition) is 3. The fourth-order valence-electron chi connectivity index (χ4n) is 0.818. The minimum Gasteiger partial charge on any atom is -0.391 e. The third kappa shape index (κ3) is 3.95. The molecule has 0 saturated heterocycles. The van der Waals surface area contributed by atoms with Gasteiger partial charge in [0.05, 0.1) is 6.10 Å². The summed E-state index contributed by atoms with van der Waals surface area (Å²) in [7, 11) is 0. The molecule has 0 aromatic rings. The Bertz CT molecular complexity index is 134. The Kier molecular flexibility index (Phi) is 4.07. The summed E-state index contributed by atoms with van der Waals surface area (Å²) >= 11 is 0. The van der Waals surface area contributed by atoms with Gasteiger partial charge in [0.15, 0.2) is 0 Å². The molecule has 0 spiro atoms. The van der Waals surface area contributed by atoms with Crippen LogP contribution in [0.3, 0.4) is 0 Å². The second kappa shape index (κ2) is 4.31. The van der Waals surface area contributed by atoms with Crippen molar-refractivity contribution < 1.29 is 9.90 Å². The molecule has 0 bridgehead atoms. The van der Waals surface area contributed by atoms with Crippen LogP contribution in [0.15, 0.2) is 0 Å². The van der Waals surface area contributed by atoms with Crippen molar-refractivity contribution in [3.05, 3.63) is 0 Å². The van der Waals surface area contributed by atoms with Crippen molar-refractivity contribution in [3.63, 3.8) is 0 Å². The number of aliphatic hydroxyl groups excluding tert-OH is 1. The van der Waals surface area contributed by atoms with Crippen molar-refractivity contribution in [1.82, 2.24) is 5.32 Å². The van der Waals surface area contributed by atoms with Crippen LogP contribution in [0.2, 0.25) is 0 Å². The average Bonchev–Trinajstić information content (AvgIpc) is 1.81. The number of hydrogen-bond acceptors (Lipinski definition) is 3. The van der Waals surface area contributed by atoms with Crippen LogP contribution >= 0.6 is 0 Å². The van der Waals surface area contributed by atoms with E-state index in [1.54, 1.807) is 0 Å². The molecule has 4 nitrogen and oxygen atoms in total. The molecule has 4 heteroatoms. The first kappa shape index (κ1) is 10.4. The molecule has 66 valence electrons. The number of rotatable bonds is 4. The minimum absolute atomic E-state index is 0.141. The molecular weight excluding hydrogens is 144 g/mol. The molecule has 1 amide bonds. The third-order valence-electron chi connectivity index (χ3n) is 1.30. The molecule has 0 heterocycles. The highest BCUT2D eigenvalue weighted by Crippen LogP contribution is 1.93. The van der Waals surface area contributed by atoms with E-state index in [9.17, 15) is 4.79 Å². The molecule has 0 aliphatic heterocycles. The molecule has 11 heavy (non-hydrogen) atoms. The standard InChI is InChI=1S/C7H16N2O2/c1-4(2)9-6(5(3)10)7(8)11/h4-6,9-10H,1-3H3,(H2,8,11)/t5-,6-/m1/s1. The van der Waals surface area contributed by atoms with Crippen molar-refractivity contribution in [1.29, 1.82) is 0 Å². The minimum atomic E-state index is -0.741. The number of carbonyl (C=O) groups excluding carboxylic acids is 1. The van der Waals surface area contributed by atoms with Gasteiger partial charge in [-0.05, 0) is 6.92 Å². The van der Waals surface area contributed by atoms with Crippen LogP contribution < -0.4 is 11.1 Å². The van der Waals surface area contributed by atoms with Crippen LogP contribution in [-0.2, 0) is 4.79 Å². The van der Waals surface area contributed by atoms with Crippen molar-refractivity contribution in [2.24, 2.45) is 5.73 Å². The third-order valence-corrected chi connectivity index (χ3v) is 1.30. The first-order valence-corrected chi connectivity index (χ1v) is 3.68. The van der Waals surface area contributed by atoms with Gasteiger partial charge in [0, 0.05) is 6.04 Å². The van der Waals surface area contributed by atoms with Crippen LogP contribution in [0, 0.1) is 0 Å². The van der Waals surface area contributed by atoms with Crippen LogP contribution in [-0.4, -0.2) is 29.2 Å². The molecule has 0 aromatic carbocycles. The Morgan fingerprint density at radius 3 is 2.00 bits per heavy atom. The Morgan fingerprint density at radius 1 is 1.45 bits per heavy atom. The van der Waals surface area contributed by atoms with Crippen LogP contribution in [0.4, 0.5) is 0 Å². The van der Waals surface area contributed by atoms with Crippen LogP contribution in [0.1, 0.15) is 20.8 Å². The number of amides is 1. The van der Waals surface area contributed by atoms with E-state index in [0.717, 1.165) is 0 Å². The first-order chi connectivity index (χ1) is 4.95. The van der Waals surface area contributed by atoms with Gasteiger partial charge in [-0.1, -0.05) is 13.8 Å². The lowest BCUT2D eigenvalue weighted by Gasteiger charge is -2.20. The van der Waals surface area contributed by atoms with Gasteiger partial charge in [-0.3, -0.25) is 4.79 Å². The fraction of sp³-hybridized carbons (Fsp3) is 0.857. The van der Waals surface area contributed by atoms with E-state index in [1.165, 1.54) is 6.92 Å². The zero-order chi connectivity index (χ0) is 9.02. The number of nitrogens with two attached hydrogens (primary N) is 1. The predicted octanol–water partition coefficient (Wildman–Crippen LogP) is -0.781. The Hall–Kier alpha value is -0.610. The van der Waals surface area contributed by atoms with E-state index >= 15 is 0 Å². The van der Waals surface area contributed by atoms with Gasteiger partial charge in [-0.15, -0.1) is 0 Å². The molecule has 0 unspecified atom stereocenters. The van der Waals surface area contributed by atoms with E-state index < -0.39 is 18.1 Å². The summed E-state index contributed by atoms with van der Waals surface area (Å²) in [5.74, 6) is -0.520. The molecule has 2 atom stereocenters. The summed E-state index contributed by atoms with van der Waals surface area (Å²) < 4.78 is 0. The smallest absolute Gasteiger partial charge is 0.237 e. The lowest BCUT2D eigenvalue weighted by atomic mass is 10.1. The van der Waals surface area contributed by atoms with Gasteiger partial charge in [0.2, 0.25) is 5.91 Å². The average molecular weight is 160 g/mol. The van der Waals surface area contributed by atoms with Crippen molar-refractivity contribution in [3.8, 4) is 0 Å². The SMILES string of the molecule is CC(C)N[C@@H](C(N)=O)[C@@H](C)O. The molecule has 0 fully saturated rings. The van der Waals surface area contributed by atoms with Crippen LogP contribution in [0.5, 0.6) is 0 Å². The summed E-state index contributed by atoms with van der Waals surface area (Å²) in [4.78, 5) is 10.7. The van der Waals surface area contributed by atoms with E-state index in [1.807, 2.05) is 13.8 Å². The highest BCUT2D eigenvalue weighted by Gasteiger charge is 2.20. The van der Waals surface area contributed by atoms with E-state index in [2.05, 4.69) is 5.32 Å². The van der Waals surface area contributed by atoms with Crippen LogP contribution in [0.25, 0.3) is 0 Å². The number of aliphatic hydroxyl groups is 1. The molecule has 4 N–H and O–H groups in total. The quantitative estimate of drug-likeness (QED) is 0.505. The first-order valence-electron chi connectivity index (χ1n) is 3.68. The summed E-state index contributed by atoms with van der Waals surface area (Å²) in [6.45, 7) is 5.31. The zero-order valence-corrected chi connectivity index (χ0v) is 7.16. The zero-order valence-electron chi connectivity index (χ0n) is 7.16. The van der Waals surface area contributed by atoms with Gasteiger partial charge in [-0.25, -0.2) is 0 Å². The van der Waals surface area contributed by atoms with E-state index in [0.29, 0.717) is 0 Å². The molecule has 0 aliphatic rings. The molecule has 0 rings (SSSR count). The molecule has 0 radical (unpaired) electrons. The van der Waals surface area contributed by atoms with Gasteiger partial charge >= 0.3 is 0 Å². The highest BCUT2D eigenvalue weighted by atomic mass is 16.3. The summed E-state index contributed by atoms with van der Waals surface area (Å²) in [5.41, 5.74) is 5.02. The molecular formula is C7H16N2O2. The number of nitrogens with one attached hydrogen (secondary N) is 1. The molecule has 0 saturated carbocycles. The Balaban J connectivity index is 4.01. The summed E-state index contributed by atoms with van der Waals surface area (Å²) in [6.07, 6.45) is -0.741. The number of primary amides is 1. The Morgan fingerprint density at radius 2 is 1.91 bits per heavy atom. The number of carbonyl (C=O) groups is 1. The Labute approximate surface area is 66.8 Å². The second-order valence-corrected chi connectivity index (χ2v) is 2.94. The lowest BCUT2D eigenvalue weighted by molar-refractivity contribution is -0.122. The van der Waals surface area contributed by atoms with Crippen molar-refractivity contribution >= 4 is 5.91 Å². The van der Waals surface area contributed by atoms with Gasteiger partial charge in [0.25, 0.3) is 0 Å². The maximum atomic E-state index is 10.7. The topological polar surface area (TPSA) is 75.3 Å². The van der Waals surface area contributed by atoms with Crippen molar-refractivity contribution in [2.75, 3.05) is 0 Å². The summed E-state index contributed by atoms with van der Waals surface area (Å²) in [5, 5.41) is 11.9. The fourth-order valence-corrected chi connectivity index (χ4v) is 0.818. The van der Waals surface area contributed by atoms with Gasteiger partial charge in [0.1, 0.15) is 6.04 Å². The maximum absolute atomic E-state index is 10.7.